The minimum Gasteiger partial charge on any atom is -0.478 e. The topological polar surface area (TPSA) is 62.2 Å². The van der Waals surface area contributed by atoms with Gasteiger partial charge in [-0.1, -0.05) is 17.7 Å². The van der Waals surface area contributed by atoms with Crippen molar-refractivity contribution in [2.24, 2.45) is 0 Å². The molecule has 0 aliphatic rings. The van der Waals surface area contributed by atoms with Crippen LogP contribution in [0.2, 0.25) is 5.02 Å². The zero-order chi connectivity index (χ0) is 15.7. The van der Waals surface area contributed by atoms with Crippen molar-refractivity contribution in [2.45, 2.75) is 6.92 Å². The predicted octanol–water partition coefficient (Wildman–Crippen LogP) is 4.64. The van der Waals surface area contributed by atoms with Crippen molar-refractivity contribution in [1.29, 1.82) is 0 Å². The predicted molar refractivity (Wildman–Crippen MR) is 88.2 cm³/mol. The average molecular weight is 313 g/mol. The Labute approximate surface area is 132 Å². The maximum absolute atomic E-state index is 11.0. The van der Waals surface area contributed by atoms with Gasteiger partial charge in [-0.3, -0.25) is 4.98 Å². The minimum absolute atomic E-state index is 0.239. The number of aromatic nitrogens is 1. The lowest BCUT2D eigenvalue weighted by molar-refractivity contribution is 0.0697. The number of nitrogens with zero attached hydrogens (tertiary/aromatic N) is 1. The maximum atomic E-state index is 11.0. The molecule has 0 amide bonds. The van der Waals surface area contributed by atoms with E-state index in [-0.39, 0.29) is 5.56 Å². The van der Waals surface area contributed by atoms with Crippen molar-refractivity contribution in [3.8, 4) is 0 Å². The van der Waals surface area contributed by atoms with Crippen molar-refractivity contribution in [3.05, 3.63) is 64.8 Å². The molecule has 22 heavy (non-hydrogen) atoms. The third-order valence-corrected chi connectivity index (χ3v) is 3.82. The summed E-state index contributed by atoms with van der Waals surface area (Å²) in [5.41, 5.74) is 3.55. The number of carboxylic acids is 1. The molecule has 0 spiro atoms. The van der Waals surface area contributed by atoms with Crippen LogP contribution in [0, 0.1) is 6.92 Å². The highest BCUT2D eigenvalue weighted by molar-refractivity contribution is 6.32. The van der Waals surface area contributed by atoms with Crippen LogP contribution in [-0.4, -0.2) is 16.1 Å². The number of carboxylic acid groups (broad SMARTS) is 1. The van der Waals surface area contributed by atoms with Crippen molar-refractivity contribution in [3.63, 3.8) is 0 Å². The van der Waals surface area contributed by atoms with Gasteiger partial charge in [0.1, 0.15) is 0 Å². The number of hydrogen-bond donors (Lipinski definition) is 2. The lowest BCUT2D eigenvalue weighted by Crippen LogP contribution is -1.98. The number of nitrogens with one attached hydrogen (secondary N) is 1. The van der Waals surface area contributed by atoms with Gasteiger partial charge in [-0.25, -0.2) is 4.79 Å². The van der Waals surface area contributed by atoms with Crippen LogP contribution in [-0.2, 0) is 0 Å². The second-order valence-corrected chi connectivity index (χ2v) is 5.40. The molecule has 0 radical (unpaired) electrons. The number of halogens is 1. The molecule has 0 saturated carbocycles. The van der Waals surface area contributed by atoms with Crippen LogP contribution in [0.25, 0.3) is 10.9 Å². The first-order valence-corrected chi connectivity index (χ1v) is 7.07. The third-order valence-electron chi connectivity index (χ3n) is 3.41. The summed E-state index contributed by atoms with van der Waals surface area (Å²) in [7, 11) is 0. The van der Waals surface area contributed by atoms with Gasteiger partial charge in [0.2, 0.25) is 0 Å². The van der Waals surface area contributed by atoms with Gasteiger partial charge in [-0.05, 0) is 48.9 Å². The smallest absolute Gasteiger partial charge is 0.335 e. The van der Waals surface area contributed by atoms with Gasteiger partial charge in [-0.15, -0.1) is 0 Å². The number of fused-ring (bicyclic) bond motifs is 1. The number of aryl methyl sites for hydroxylation is 1. The summed E-state index contributed by atoms with van der Waals surface area (Å²) >= 11 is 6.13. The van der Waals surface area contributed by atoms with Gasteiger partial charge in [0, 0.05) is 28.0 Å². The molecule has 0 fully saturated rings. The monoisotopic (exact) mass is 312 g/mol. The SMILES string of the molecule is Cc1cc2c(Nc3cccc(C(=O)O)c3)ccnc2cc1Cl. The summed E-state index contributed by atoms with van der Waals surface area (Å²) < 4.78 is 0. The van der Waals surface area contributed by atoms with Gasteiger partial charge in [0.25, 0.3) is 0 Å². The summed E-state index contributed by atoms with van der Waals surface area (Å²) in [5, 5.41) is 13.9. The van der Waals surface area contributed by atoms with Crippen molar-refractivity contribution >= 4 is 39.8 Å². The molecule has 0 atom stereocenters. The van der Waals surface area contributed by atoms with E-state index in [4.69, 9.17) is 16.7 Å². The molecule has 5 heteroatoms. The summed E-state index contributed by atoms with van der Waals surface area (Å²) in [6.45, 7) is 1.93. The molecule has 3 rings (SSSR count). The maximum Gasteiger partial charge on any atom is 0.335 e. The normalized spacial score (nSPS) is 10.6. The number of pyridine rings is 1. The Morgan fingerprint density at radius 2 is 2.05 bits per heavy atom. The third kappa shape index (κ3) is 2.73. The number of aromatic carboxylic acids is 1. The Kier molecular flexibility index (Phi) is 3.69. The van der Waals surface area contributed by atoms with Crippen LogP contribution >= 0.6 is 11.6 Å². The summed E-state index contributed by atoms with van der Waals surface area (Å²) in [5.74, 6) is -0.953. The van der Waals surface area contributed by atoms with Gasteiger partial charge in [-0.2, -0.15) is 0 Å². The van der Waals surface area contributed by atoms with Crippen LogP contribution in [0.4, 0.5) is 11.4 Å². The average Bonchev–Trinajstić information content (AvgIpc) is 2.49. The molecule has 1 aromatic heterocycles. The first kappa shape index (κ1) is 14.4. The first-order valence-electron chi connectivity index (χ1n) is 6.70. The second-order valence-electron chi connectivity index (χ2n) is 4.99. The Morgan fingerprint density at radius 3 is 2.82 bits per heavy atom. The molecule has 4 nitrogen and oxygen atoms in total. The molecule has 0 unspecified atom stereocenters. The lowest BCUT2D eigenvalue weighted by Gasteiger charge is -2.11. The molecule has 3 aromatic rings. The van der Waals surface area contributed by atoms with E-state index in [0.717, 1.165) is 22.2 Å². The molecule has 0 aliphatic carbocycles. The Balaban J connectivity index is 2.06. The Bertz CT molecular complexity index is 878. The number of hydrogen-bond acceptors (Lipinski definition) is 3. The van der Waals surface area contributed by atoms with Crippen LogP contribution in [0.15, 0.2) is 48.7 Å². The zero-order valence-corrected chi connectivity index (χ0v) is 12.6. The lowest BCUT2D eigenvalue weighted by atomic mass is 10.1. The number of anilines is 2. The number of benzene rings is 2. The highest BCUT2D eigenvalue weighted by Crippen LogP contribution is 2.29. The van der Waals surface area contributed by atoms with Gasteiger partial charge in [0.15, 0.2) is 0 Å². The fourth-order valence-corrected chi connectivity index (χ4v) is 2.43. The van der Waals surface area contributed by atoms with Crippen molar-refractivity contribution in [2.75, 3.05) is 5.32 Å². The van der Waals surface area contributed by atoms with Gasteiger partial charge < -0.3 is 10.4 Å². The van der Waals surface area contributed by atoms with E-state index in [0.29, 0.717) is 10.7 Å². The Morgan fingerprint density at radius 1 is 1.23 bits per heavy atom. The summed E-state index contributed by atoms with van der Waals surface area (Å²) in [4.78, 5) is 15.4. The molecule has 0 aliphatic heterocycles. The van der Waals surface area contributed by atoms with E-state index in [1.807, 2.05) is 31.2 Å². The summed E-state index contributed by atoms with van der Waals surface area (Å²) in [6, 6.07) is 12.3. The van der Waals surface area contributed by atoms with Crippen LogP contribution in [0.3, 0.4) is 0 Å². The minimum atomic E-state index is -0.953. The van der Waals surface area contributed by atoms with E-state index >= 15 is 0 Å². The highest BCUT2D eigenvalue weighted by Gasteiger charge is 2.07. The number of carbonyl (C=O) groups is 1. The summed E-state index contributed by atoms with van der Waals surface area (Å²) in [6.07, 6.45) is 1.69. The molecule has 110 valence electrons. The van der Waals surface area contributed by atoms with Crippen LogP contribution < -0.4 is 5.32 Å². The zero-order valence-electron chi connectivity index (χ0n) is 11.8. The molecular formula is C17H13ClN2O2. The largest absolute Gasteiger partial charge is 0.478 e. The van der Waals surface area contributed by atoms with E-state index < -0.39 is 5.97 Å². The van der Waals surface area contributed by atoms with E-state index in [2.05, 4.69) is 10.3 Å². The molecule has 2 N–H and O–H groups in total. The molecule has 0 bridgehead atoms. The molecule has 1 heterocycles. The van der Waals surface area contributed by atoms with Crippen molar-refractivity contribution < 1.29 is 9.90 Å². The standard InChI is InChI=1S/C17H13ClN2O2/c1-10-7-13-15(5-6-19-16(13)9-14(10)18)20-12-4-2-3-11(8-12)17(21)22/h2-9H,1H3,(H,19,20)(H,21,22). The number of rotatable bonds is 3. The van der Waals surface area contributed by atoms with Crippen LogP contribution in [0.5, 0.6) is 0 Å². The molecule has 2 aromatic carbocycles. The van der Waals surface area contributed by atoms with E-state index in [9.17, 15) is 4.79 Å². The van der Waals surface area contributed by atoms with Crippen LogP contribution in [0.1, 0.15) is 15.9 Å². The van der Waals surface area contributed by atoms with Gasteiger partial charge >= 0.3 is 5.97 Å². The van der Waals surface area contributed by atoms with E-state index in [1.165, 1.54) is 0 Å². The van der Waals surface area contributed by atoms with Crippen molar-refractivity contribution in [1.82, 2.24) is 4.98 Å². The second kappa shape index (κ2) is 5.66. The molecular weight excluding hydrogens is 300 g/mol. The highest BCUT2D eigenvalue weighted by atomic mass is 35.5. The molecule has 0 saturated heterocycles. The Hall–Kier alpha value is -2.59. The van der Waals surface area contributed by atoms with E-state index in [1.54, 1.807) is 24.4 Å². The first-order chi connectivity index (χ1) is 10.5. The fraction of sp³-hybridized carbons (Fsp3) is 0.0588. The fourth-order valence-electron chi connectivity index (χ4n) is 2.27. The van der Waals surface area contributed by atoms with Gasteiger partial charge in [0.05, 0.1) is 11.1 Å². The quantitative estimate of drug-likeness (QED) is 0.739.